The van der Waals surface area contributed by atoms with Crippen molar-refractivity contribution < 1.29 is 19.1 Å². The Morgan fingerprint density at radius 2 is 1.82 bits per heavy atom. The van der Waals surface area contributed by atoms with Crippen LogP contribution in [0, 0.1) is 0 Å². The average molecular weight is 382 g/mol. The first-order valence-corrected chi connectivity index (χ1v) is 9.38. The quantitative estimate of drug-likeness (QED) is 0.771. The van der Waals surface area contributed by atoms with Crippen LogP contribution in [0.15, 0.2) is 42.5 Å². The number of rotatable bonds is 6. The SMILES string of the molecule is COc1ccc(N(CCC(=O)N2CCc3ccccc3C2)C(C)=O)c(OC)c1. The second-order valence-corrected chi connectivity index (χ2v) is 6.79. The molecule has 0 aliphatic carbocycles. The molecule has 2 aromatic rings. The maximum Gasteiger partial charge on any atom is 0.224 e. The van der Waals surface area contributed by atoms with Crippen LogP contribution >= 0.6 is 0 Å². The molecular weight excluding hydrogens is 356 g/mol. The number of nitrogens with zero attached hydrogens (tertiary/aromatic N) is 2. The largest absolute Gasteiger partial charge is 0.497 e. The monoisotopic (exact) mass is 382 g/mol. The number of benzene rings is 2. The first-order valence-electron chi connectivity index (χ1n) is 9.38. The van der Waals surface area contributed by atoms with Crippen molar-refractivity contribution in [1.29, 1.82) is 0 Å². The van der Waals surface area contributed by atoms with E-state index in [1.165, 1.54) is 18.1 Å². The van der Waals surface area contributed by atoms with E-state index in [-0.39, 0.29) is 18.2 Å². The fraction of sp³-hybridized carbons (Fsp3) is 0.364. The average Bonchev–Trinajstić information content (AvgIpc) is 2.73. The van der Waals surface area contributed by atoms with Gasteiger partial charge in [-0.2, -0.15) is 0 Å². The minimum absolute atomic E-state index is 0.0493. The van der Waals surface area contributed by atoms with Gasteiger partial charge >= 0.3 is 0 Å². The second-order valence-electron chi connectivity index (χ2n) is 6.79. The Labute approximate surface area is 165 Å². The molecule has 6 heteroatoms. The summed E-state index contributed by atoms with van der Waals surface area (Å²) in [5.74, 6) is 1.09. The summed E-state index contributed by atoms with van der Waals surface area (Å²) in [6.07, 6.45) is 1.13. The van der Waals surface area contributed by atoms with Crippen molar-refractivity contribution in [2.45, 2.75) is 26.3 Å². The summed E-state index contributed by atoms with van der Waals surface area (Å²) in [5, 5.41) is 0. The molecule has 0 radical (unpaired) electrons. The van der Waals surface area contributed by atoms with E-state index in [4.69, 9.17) is 9.47 Å². The molecule has 0 bridgehead atoms. The lowest BCUT2D eigenvalue weighted by molar-refractivity contribution is -0.131. The van der Waals surface area contributed by atoms with Crippen LogP contribution < -0.4 is 14.4 Å². The van der Waals surface area contributed by atoms with Crippen molar-refractivity contribution in [3.63, 3.8) is 0 Å². The van der Waals surface area contributed by atoms with E-state index in [2.05, 4.69) is 12.1 Å². The summed E-state index contributed by atoms with van der Waals surface area (Å²) < 4.78 is 10.6. The molecule has 0 unspecified atom stereocenters. The molecule has 0 N–H and O–H groups in total. The van der Waals surface area contributed by atoms with Gasteiger partial charge in [0, 0.05) is 39.0 Å². The van der Waals surface area contributed by atoms with Crippen LogP contribution in [0.4, 0.5) is 5.69 Å². The van der Waals surface area contributed by atoms with Gasteiger partial charge in [-0.05, 0) is 29.7 Å². The van der Waals surface area contributed by atoms with E-state index >= 15 is 0 Å². The normalized spacial score (nSPS) is 12.9. The zero-order valence-electron chi connectivity index (χ0n) is 16.6. The van der Waals surface area contributed by atoms with E-state index in [1.54, 1.807) is 37.3 Å². The molecule has 6 nitrogen and oxygen atoms in total. The number of ether oxygens (including phenoxy) is 2. The summed E-state index contributed by atoms with van der Waals surface area (Å²) in [7, 11) is 3.12. The number of hydrogen-bond donors (Lipinski definition) is 0. The summed E-state index contributed by atoms with van der Waals surface area (Å²) in [5.41, 5.74) is 3.13. The molecule has 1 aliphatic heterocycles. The summed E-state index contributed by atoms with van der Waals surface area (Å²) >= 11 is 0. The molecule has 0 saturated heterocycles. The van der Waals surface area contributed by atoms with E-state index in [0.29, 0.717) is 36.8 Å². The molecular formula is C22H26N2O4. The Morgan fingerprint density at radius 1 is 1.07 bits per heavy atom. The number of amides is 2. The summed E-state index contributed by atoms with van der Waals surface area (Å²) in [6, 6.07) is 13.5. The molecule has 1 heterocycles. The number of fused-ring (bicyclic) bond motifs is 1. The summed E-state index contributed by atoms with van der Waals surface area (Å²) in [4.78, 5) is 28.4. The maximum atomic E-state index is 12.8. The van der Waals surface area contributed by atoms with Gasteiger partial charge in [-0.25, -0.2) is 0 Å². The molecule has 0 saturated carbocycles. The lowest BCUT2D eigenvalue weighted by Gasteiger charge is -2.30. The number of methoxy groups -OCH3 is 2. The number of carbonyl (C=O) groups is 2. The lowest BCUT2D eigenvalue weighted by atomic mass is 10.00. The van der Waals surface area contributed by atoms with Crippen LogP contribution in [-0.4, -0.2) is 44.0 Å². The molecule has 1 aliphatic rings. The minimum Gasteiger partial charge on any atom is -0.497 e. The predicted molar refractivity (Wildman–Crippen MR) is 108 cm³/mol. The first-order chi connectivity index (χ1) is 13.5. The molecule has 0 aromatic heterocycles. The predicted octanol–water partition coefficient (Wildman–Crippen LogP) is 3.03. The van der Waals surface area contributed by atoms with Gasteiger partial charge in [0.1, 0.15) is 11.5 Å². The molecule has 3 rings (SSSR count). The smallest absolute Gasteiger partial charge is 0.224 e. The summed E-state index contributed by atoms with van der Waals surface area (Å²) in [6.45, 7) is 3.13. The number of anilines is 1. The topological polar surface area (TPSA) is 59.1 Å². The highest BCUT2D eigenvalue weighted by atomic mass is 16.5. The highest BCUT2D eigenvalue weighted by molar-refractivity contribution is 5.94. The van der Waals surface area contributed by atoms with Crippen molar-refractivity contribution in [3.8, 4) is 11.5 Å². The van der Waals surface area contributed by atoms with Gasteiger partial charge in [0.05, 0.1) is 19.9 Å². The highest BCUT2D eigenvalue weighted by Crippen LogP contribution is 2.32. The van der Waals surface area contributed by atoms with Gasteiger partial charge in [-0.3, -0.25) is 9.59 Å². The van der Waals surface area contributed by atoms with Crippen molar-refractivity contribution in [1.82, 2.24) is 4.90 Å². The first kappa shape index (κ1) is 19.7. The van der Waals surface area contributed by atoms with Gasteiger partial charge in [-0.1, -0.05) is 24.3 Å². The van der Waals surface area contributed by atoms with Crippen LogP contribution in [-0.2, 0) is 22.6 Å². The molecule has 0 fully saturated rings. The molecule has 2 amide bonds. The number of carbonyl (C=O) groups excluding carboxylic acids is 2. The van der Waals surface area contributed by atoms with E-state index < -0.39 is 0 Å². The minimum atomic E-state index is -0.139. The molecule has 148 valence electrons. The zero-order valence-corrected chi connectivity index (χ0v) is 16.6. The molecule has 0 spiro atoms. The van der Waals surface area contributed by atoms with Crippen LogP contribution in [0.3, 0.4) is 0 Å². The van der Waals surface area contributed by atoms with Crippen LogP contribution in [0.2, 0.25) is 0 Å². The lowest BCUT2D eigenvalue weighted by Crippen LogP contribution is -2.39. The molecule has 2 aromatic carbocycles. The Hall–Kier alpha value is -3.02. The van der Waals surface area contributed by atoms with Crippen LogP contribution in [0.5, 0.6) is 11.5 Å². The van der Waals surface area contributed by atoms with Gasteiger partial charge < -0.3 is 19.3 Å². The third-order valence-electron chi connectivity index (χ3n) is 5.09. The van der Waals surface area contributed by atoms with Crippen molar-refractivity contribution in [2.75, 3.05) is 32.2 Å². The Bertz CT molecular complexity index is 865. The molecule has 28 heavy (non-hydrogen) atoms. The molecule has 0 atom stereocenters. The van der Waals surface area contributed by atoms with Crippen LogP contribution in [0.25, 0.3) is 0 Å². The van der Waals surface area contributed by atoms with Gasteiger partial charge in [0.25, 0.3) is 0 Å². The third-order valence-corrected chi connectivity index (χ3v) is 5.09. The van der Waals surface area contributed by atoms with Gasteiger partial charge in [-0.15, -0.1) is 0 Å². The van der Waals surface area contributed by atoms with Crippen molar-refractivity contribution in [3.05, 3.63) is 53.6 Å². The van der Waals surface area contributed by atoms with Crippen molar-refractivity contribution >= 4 is 17.5 Å². The highest BCUT2D eigenvalue weighted by Gasteiger charge is 2.23. The fourth-order valence-electron chi connectivity index (χ4n) is 3.53. The maximum absolute atomic E-state index is 12.8. The number of hydrogen-bond acceptors (Lipinski definition) is 4. The fourth-order valence-corrected chi connectivity index (χ4v) is 3.53. The third kappa shape index (κ3) is 4.27. The standard InChI is InChI=1S/C22H26N2O4/c1-16(25)24(20-9-8-19(27-2)14-21(20)28-3)13-11-22(26)23-12-10-17-6-4-5-7-18(17)15-23/h4-9,14H,10-13,15H2,1-3H3. The Balaban J connectivity index is 1.69. The second kappa shape index (κ2) is 8.78. The van der Waals surface area contributed by atoms with E-state index in [9.17, 15) is 9.59 Å². The Kier molecular flexibility index (Phi) is 6.19. The zero-order chi connectivity index (χ0) is 20.1. The Morgan fingerprint density at radius 3 is 2.50 bits per heavy atom. The van der Waals surface area contributed by atoms with Gasteiger partial charge in [0.15, 0.2) is 0 Å². The van der Waals surface area contributed by atoms with E-state index in [1.807, 2.05) is 17.0 Å². The van der Waals surface area contributed by atoms with E-state index in [0.717, 1.165) is 6.42 Å². The van der Waals surface area contributed by atoms with Crippen LogP contribution in [0.1, 0.15) is 24.5 Å². The van der Waals surface area contributed by atoms with Crippen molar-refractivity contribution in [2.24, 2.45) is 0 Å². The van der Waals surface area contributed by atoms with Gasteiger partial charge in [0.2, 0.25) is 11.8 Å².